The molecule has 0 bridgehead atoms. The number of thiazole rings is 2. The lowest BCUT2D eigenvalue weighted by Gasteiger charge is -2.27. The highest BCUT2D eigenvalue weighted by molar-refractivity contribution is 7.17. The quantitative estimate of drug-likeness (QED) is 0.451. The summed E-state index contributed by atoms with van der Waals surface area (Å²) >= 11 is 2.93. The molecule has 0 spiro atoms. The van der Waals surface area contributed by atoms with Crippen LogP contribution in [0.1, 0.15) is 37.3 Å². The summed E-state index contributed by atoms with van der Waals surface area (Å²) in [6.45, 7) is 4.86. The summed E-state index contributed by atoms with van der Waals surface area (Å²) in [6, 6.07) is 6.17. The van der Waals surface area contributed by atoms with Crippen LogP contribution in [0.3, 0.4) is 0 Å². The number of aryl methyl sites for hydroxylation is 2. The second-order valence-corrected chi connectivity index (χ2v) is 11.4. The number of carbonyl (C=O) groups excluding carboxylic acids is 2. The maximum Gasteiger partial charge on any atom is 0.274 e. The van der Waals surface area contributed by atoms with Crippen LogP contribution in [0, 0.1) is 31.5 Å². The number of imidazole rings is 1. The van der Waals surface area contributed by atoms with Gasteiger partial charge in [-0.25, -0.2) is 14.4 Å². The van der Waals surface area contributed by atoms with E-state index in [0.717, 1.165) is 21.3 Å². The Kier molecular flexibility index (Phi) is 5.03. The lowest BCUT2D eigenvalue weighted by molar-refractivity contribution is 0.0690. The van der Waals surface area contributed by atoms with Crippen LogP contribution in [-0.2, 0) is 0 Å². The van der Waals surface area contributed by atoms with Gasteiger partial charge in [-0.05, 0) is 49.8 Å². The fraction of sp³-hybridized carbons (Fsp3) is 0.333. The Morgan fingerprint density at radius 2 is 2.12 bits per heavy atom. The molecule has 7 nitrogen and oxygen atoms in total. The third kappa shape index (κ3) is 3.61. The molecule has 4 heterocycles. The molecule has 1 saturated heterocycles. The number of halogens is 1. The zero-order valence-corrected chi connectivity index (χ0v) is 20.3. The molecule has 34 heavy (non-hydrogen) atoms. The molecule has 1 aliphatic heterocycles. The van der Waals surface area contributed by atoms with Gasteiger partial charge in [0.1, 0.15) is 17.2 Å². The fourth-order valence-electron chi connectivity index (χ4n) is 4.95. The third-order valence-electron chi connectivity index (χ3n) is 6.62. The minimum atomic E-state index is -0.347. The number of hydrogen-bond donors (Lipinski definition) is 1. The molecule has 0 unspecified atom stereocenters. The molecule has 6 rings (SSSR count). The van der Waals surface area contributed by atoms with Gasteiger partial charge in [-0.3, -0.25) is 14.0 Å². The highest BCUT2D eigenvalue weighted by atomic mass is 32.1. The van der Waals surface area contributed by atoms with E-state index in [1.54, 1.807) is 22.7 Å². The summed E-state index contributed by atoms with van der Waals surface area (Å²) in [5.41, 5.74) is 1.50. The molecule has 2 fully saturated rings. The van der Waals surface area contributed by atoms with Gasteiger partial charge < -0.3 is 10.2 Å². The second-order valence-electron chi connectivity index (χ2n) is 8.95. The van der Waals surface area contributed by atoms with Gasteiger partial charge in [0, 0.05) is 24.2 Å². The topological polar surface area (TPSA) is 79.6 Å². The maximum atomic E-state index is 13.8. The number of rotatable bonds is 5. The van der Waals surface area contributed by atoms with Crippen LogP contribution < -0.4 is 5.32 Å². The Balaban J connectivity index is 1.23. The monoisotopic (exact) mass is 495 g/mol. The molecule has 2 aliphatic rings. The van der Waals surface area contributed by atoms with E-state index in [4.69, 9.17) is 0 Å². The second kappa shape index (κ2) is 7.99. The van der Waals surface area contributed by atoms with Crippen LogP contribution in [0.5, 0.6) is 0 Å². The molecule has 4 aromatic rings. The molecular formula is C24H22FN5O2S2. The number of likely N-dealkylation sites (tertiary alicyclic amines) is 1. The number of fused-ring (bicyclic) bond motifs is 2. The zero-order valence-electron chi connectivity index (χ0n) is 18.6. The van der Waals surface area contributed by atoms with E-state index in [0.29, 0.717) is 46.8 Å². The molecule has 3 aromatic heterocycles. The summed E-state index contributed by atoms with van der Waals surface area (Å²) in [7, 11) is 0. The highest BCUT2D eigenvalue weighted by Crippen LogP contribution is 2.50. The van der Waals surface area contributed by atoms with Crippen molar-refractivity contribution in [2.45, 2.75) is 26.3 Å². The highest BCUT2D eigenvalue weighted by Gasteiger charge is 2.54. The smallest absolute Gasteiger partial charge is 0.274 e. The summed E-state index contributed by atoms with van der Waals surface area (Å²) in [6.07, 6.45) is 4.56. The lowest BCUT2D eigenvalue weighted by Crippen LogP contribution is -2.46. The SMILES string of the molecule is Cc1cn2c(C(=O)NC[C@@H]3[C@@H]4C[C@@H]4CN3C(=O)c3nc(C)sc3-c3cccc(F)c3)cnc2s1. The maximum absolute atomic E-state index is 13.8. The van der Waals surface area contributed by atoms with E-state index < -0.39 is 0 Å². The van der Waals surface area contributed by atoms with Crippen LogP contribution in [0.4, 0.5) is 4.39 Å². The fourth-order valence-corrected chi connectivity index (χ4v) is 6.66. The van der Waals surface area contributed by atoms with E-state index in [1.807, 2.05) is 24.9 Å². The predicted octanol–water partition coefficient (Wildman–Crippen LogP) is 4.17. The van der Waals surface area contributed by atoms with Crippen molar-refractivity contribution >= 4 is 39.4 Å². The Bertz CT molecular complexity index is 1440. The normalized spacial score (nSPS) is 21.1. The first kappa shape index (κ1) is 21.4. The Hall–Kier alpha value is -3.11. The molecular weight excluding hydrogens is 473 g/mol. The summed E-state index contributed by atoms with van der Waals surface area (Å²) in [5.74, 6) is 0.140. The Morgan fingerprint density at radius 3 is 2.94 bits per heavy atom. The van der Waals surface area contributed by atoms with Gasteiger partial charge in [0.05, 0.1) is 22.1 Å². The van der Waals surface area contributed by atoms with E-state index in [9.17, 15) is 14.0 Å². The van der Waals surface area contributed by atoms with E-state index >= 15 is 0 Å². The van der Waals surface area contributed by atoms with Gasteiger partial charge in [-0.2, -0.15) is 0 Å². The van der Waals surface area contributed by atoms with Crippen molar-refractivity contribution < 1.29 is 14.0 Å². The minimum absolute atomic E-state index is 0.0866. The number of amides is 2. The molecule has 0 radical (unpaired) electrons. The number of nitrogens with one attached hydrogen (secondary N) is 1. The van der Waals surface area contributed by atoms with Gasteiger partial charge in [-0.1, -0.05) is 12.1 Å². The van der Waals surface area contributed by atoms with Crippen molar-refractivity contribution in [1.82, 2.24) is 24.6 Å². The molecule has 174 valence electrons. The van der Waals surface area contributed by atoms with Crippen LogP contribution >= 0.6 is 22.7 Å². The minimum Gasteiger partial charge on any atom is -0.349 e. The molecule has 3 atom stereocenters. The average molecular weight is 496 g/mol. The van der Waals surface area contributed by atoms with Crippen molar-refractivity contribution in [1.29, 1.82) is 0 Å². The Labute approximate surface area is 203 Å². The van der Waals surface area contributed by atoms with Crippen molar-refractivity contribution in [2.24, 2.45) is 11.8 Å². The van der Waals surface area contributed by atoms with Crippen molar-refractivity contribution in [2.75, 3.05) is 13.1 Å². The van der Waals surface area contributed by atoms with Crippen molar-refractivity contribution in [3.05, 3.63) is 63.7 Å². The van der Waals surface area contributed by atoms with Crippen LogP contribution in [-0.4, -0.2) is 50.2 Å². The number of piperidine rings is 1. The summed E-state index contributed by atoms with van der Waals surface area (Å²) in [5, 5.41) is 3.78. The average Bonchev–Trinajstić information content (AvgIpc) is 3.13. The third-order valence-corrected chi connectivity index (χ3v) is 8.55. The van der Waals surface area contributed by atoms with Crippen molar-refractivity contribution in [3.63, 3.8) is 0 Å². The molecule has 1 N–H and O–H groups in total. The number of benzene rings is 1. The van der Waals surface area contributed by atoms with Gasteiger partial charge in [0.25, 0.3) is 11.8 Å². The van der Waals surface area contributed by atoms with E-state index in [1.165, 1.54) is 34.8 Å². The lowest BCUT2D eigenvalue weighted by atomic mass is 10.1. The van der Waals surface area contributed by atoms with Crippen LogP contribution in [0.2, 0.25) is 0 Å². The van der Waals surface area contributed by atoms with Crippen molar-refractivity contribution in [3.8, 4) is 10.4 Å². The molecule has 1 aliphatic carbocycles. The van der Waals surface area contributed by atoms with Gasteiger partial charge in [0.15, 0.2) is 4.96 Å². The zero-order chi connectivity index (χ0) is 23.6. The van der Waals surface area contributed by atoms with Gasteiger partial charge in [0.2, 0.25) is 0 Å². The standard InChI is InChI=1S/C24H22FN5O2S2/c1-12-10-30-19(9-27-24(30)33-12)22(31)26-8-18-17-7-15(17)11-29(18)23(32)20-21(34-13(2)28-20)14-4-3-5-16(25)6-14/h3-6,9-10,15,17-18H,7-8,11H2,1-2H3,(H,26,31)/t15-,17-,18-/m1/s1. The van der Waals surface area contributed by atoms with Crippen LogP contribution in [0.25, 0.3) is 15.4 Å². The Morgan fingerprint density at radius 1 is 1.26 bits per heavy atom. The summed E-state index contributed by atoms with van der Waals surface area (Å²) in [4.78, 5) is 39.7. The van der Waals surface area contributed by atoms with Gasteiger partial charge >= 0.3 is 0 Å². The van der Waals surface area contributed by atoms with Gasteiger partial charge in [-0.15, -0.1) is 22.7 Å². The number of hydrogen-bond acceptors (Lipinski definition) is 6. The molecule has 2 amide bonds. The summed E-state index contributed by atoms with van der Waals surface area (Å²) < 4.78 is 15.6. The predicted molar refractivity (Wildman–Crippen MR) is 129 cm³/mol. The van der Waals surface area contributed by atoms with Crippen LogP contribution in [0.15, 0.2) is 36.7 Å². The molecule has 1 aromatic carbocycles. The first-order valence-corrected chi connectivity index (χ1v) is 12.8. The molecule has 10 heteroatoms. The number of nitrogens with zero attached hydrogens (tertiary/aromatic N) is 4. The largest absolute Gasteiger partial charge is 0.349 e. The number of aromatic nitrogens is 3. The van der Waals surface area contributed by atoms with E-state index in [-0.39, 0.29) is 23.7 Å². The number of carbonyl (C=O) groups is 2. The first-order valence-electron chi connectivity index (χ1n) is 11.1. The molecule has 1 saturated carbocycles. The van der Waals surface area contributed by atoms with E-state index in [2.05, 4.69) is 15.3 Å². The first-order chi connectivity index (χ1) is 16.4.